The predicted molar refractivity (Wildman–Crippen MR) is 90.3 cm³/mol. The quantitative estimate of drug-likeness (QED) is 0.771. The molecule has 2 aromatic rings. The first kappa shape index (κ1) is 17.5. The molecule has 0 atom stereocenters. The van der Waals surface area contributed by atoms with Crippen molar-refractivity contribution >= 4 is 11.3 Å². The smallest absolute Gasteiger partial charge is 0.379 e. The molecule has 1 aliphatic rings. The fourth-order valence-corrected chi connectivity index (χ4v) is 4.00. The zero-order valence-corrected chi connectivity index (χ0v) is 14.1. The lowest BCUT2D eigenvalue weighted by Crippen LogP contribution is -2.36. The van der Waals surface area contributed by atoms with Gasteiger partial charge in [0.05, 0.1) is 13.2 Å². The lowest BCUT2D eigenvalue weighted by Gasteiger charge is -2.26. The van der Waals surface area contributed by atoms with Gasteiger partial charge in [-0.1, -0.05) is 30.3 Å². The van der Waals surface area contributed by atoms with Crippen molar-refractivity contribution < 1.29 is 17.9 Å². The van der Waals surface area contributed by atoms with E-state index in [1.165, 1.54) is 0 Å². The largest absolute Gasteiger partial charge is 0.426 e. The van der Waals surface area contributed by atoms with Crippen molar-refractivity contribution in [2.24, 2.45) is 0 Å². The number of rotatable bonds is 5. The minimum absolute atomic E-state index is 0.300. The summed E-state index contributed by atoms with van der Waals surface area (Å²) in [6.07, 6.45) is -2.76. The lowest BCUT2D eigenvalue weighted by molar-refractivity contribution is -0.133. The van der Waals surface area contributed by atoms with Gasteiger partial charge in [0.1, 0.15) is 4.88 Å². The standard InChI is InChI=1S/C18H20F3NOS/c19-18(20,21)17-16(14-5-2-1-3-6-14)13-15(24-17)7-4-8-22-9-11-23-12-10-22/h1-3,5-6,13H,4,7-12H2. The summed E-state index contributed by atoms with van der Waals surface area (Å²) >= 11 is 0.880. The number of thiophene rings is 1. The maximum atomic E-state index is 13.3. The minimum atomic E-state index is -4.31. The van der Waals surface area contributed by atoms with Gasteiger partial charge in [0.25, 0.3) is 0 Å². The monoisotopic (exact) mass is 355 g/mol. The van der Waals surface area contributed by atoms with Crippen LogP contribution in [0.4, 0.5) is 13.2 Å². The van der Waals surface area contributed by atoms with E-state index in [-0.39, 0.29) is 0 Å². The summed E-state index contributed by atoms with van der Waals surface area (Å²) < 4.78 is 45.4. The summed E-state index contributed by atoms with van der Waals surface area (Å²) in [7, 11) is 0. The zero-order valence-electron chi connectivity index (χ0n) is 13.3. The van der Waals surface area contributed by atoms with Crippen molar-refractivity contribution in [3.05, 3.63) is 46.2 Å². The van der Waals surface area contributed by atoms with Crippen LogP contribution < -0.4 is 0 Å². The van der Waals surface area contributed by atoms with E-state index in [0.29, 0.717) is 17.5 Å². The number of benzene rings is 1. The normalized spacial score (nSPS) is 16.5. The third-order valence-corrected chi connectivity index (χ3v) is 5.37. The Bertz CT molecular complexity index is 648. The molecule has 0 spiro atoms. The van der Waals surface area contributed by atoms with Crippen LogP contribution in [0.3, 0.4) is 0 Å². The second-order valence-corrected chi connectivity index (χ2v) is 7.01. The van der Waals surface area contributed by atoms with Crippen LogP contribution in [-0.4, -0.2) is 37.7 Å². The van der Waals surface area contributed by atoms with Crippen LogP contribution in [0.15, 0.2) is 36.4 Å². The van der Waals surface area contributed by atoms with Gasteiger partial charge in [0.15, 0.2) is 0 Å². The second-order valence-electron chi connectivity index (χ2n) is 5.88. The van der Waals surface area contributed by atoms with Crippen LogP contribution in [0.5, 0.6) is 0 Å². The molecule has 0 amide bonds. The Kier molecular flexibility index (Phi) is 5.58. The molecule has 0 bridgehead atoms. The number of alkyl halides is 3. The molecule has 2 nitrogen and oxygen atoms in total. The van der Waals surface area contributed by atoms with Gasteiger partial charge in [-0.05, 0) is 31.0 Å². The topological polar surface area (TPSA) is 12.5 Å². The maximum absolute atomic E-state index is 13.3. The Morgan fingerprint density at radius 3 is 2.46 bits per heavy atom. The first-order valence-electron chi connectivity index (χ1n) is 8.09. The van der Waals surface area contributed by atoms with E-state index in [9.17, 15) is 13.2 Å². The molecule has 130 valence electrons. The van der Waals surface area contributed by atoms with Gasteiger partial charge >= 0.3 is 6.18 Å². The Morgan fingerprint density at radius 2 is 1.79 bits per heavy atom. The second kappa shape index (κ2) is 7.68. The van der Waals surface area contributed by atoms with Gasteiger partial charge in [-0.25, -0.2) is 0 Å². The summed E-state index contributed by atoms with van der Waals surface area (Å²) in [6.45, 7) is 4.22. The highest BCUT2D eigenvalue weighted by Crippen LogP contribution is 2.43. The van der Waals surface area contributed by atoms with Crippen molar-refractivity contribution in [2.75, 3.05) is 32.8 Å². The molecule has 0 saturated carbocycles. The predicted octanol–water partition coefficient (Wildman–Crippen LogP) is 4.70. The number of aryl methyl sites for hydroxylation is 1. The molecule has 24 heavy (non-hydrogen) atoms. The van der Waals surface area contributed by atoms with Gasteiger partial charge in [-0.15, -0.1) is 11.3 Å². The summed E-state index contributed by atoms with van der Waals surface area (Å²) in [5.41, 5.74) is 0.926. The maximum Gasteiger partial charge on any atom is 0.426 e. The molecule has 1 saturated heterocycles. The number of morpholine rings is 1. The summed E-state index contributed by atoms with van der Waals surface area (Å²) in [5, 5.41) is 0. The van der Waals surface area contributed by atoms with E-state index in [0.717, 1.165) is 55.5 Å². The minimum Gasteiger partial charge on any atom is -0.379 e. The Hall–Kier alpha value is -1.37. The van der Waals surface area contributed by atoms with Crippen LogP contribution in [0.25, 0.3) is 11.1 Å². The molecule has 0 unspecified atom stereocenters. The van der Waals surface area contributed by atoms with Crippen molar-refractivity contribution in [2.45, 2.75) is 19.0 Å². The Balaban J connectivity index is 1.71. The highest BCUT2D eigenvalue weighted by Gasteiger charge is 2.36. The number of nitrogens with zero attached hydrogens (tertiary/aromatic N) is 1. The highest BCUT2D eigenvalue weighted by molar-refractivity contribution is 7.12. The number of hydrogen-bond acceptors (Lipinski definition) is 3. The van der Waals surface area contributed by atoms with E-state index in [2.05, 4.69) is 4.90 Å². The van der Waals surface area contributed by atoms with Crippen LogP contribution in [0.2, 0.25) is 0 Å². The molecular formula is C18H20F3NOS. The molecule has 6 heteroatoms. The van der Waals surface area contributed by atoms with E-state index in [4.69, 9.17) is 4.74 Å². The van der Waals surface area contributed by atoms with Crippen LogP contribution in [-0.2, 0) is 17.3 Å². The summed E-state index contributed by atoms with van der Waals surface area (Å²) in [6, 6.07) is 10.5. The fourth-order valence-electron chi connectivity index (χ4n) is 2.91. The molecule has 0 N–H and O–H groups in total. The van der Waals surface area contributed by atoms with Gasteiger partial charge < -0.3 is 4.74 Å². The fraction of sp³-hybridized carbons (Fsp3) is 0.444. The van der Waals surface area contributed by atoms with Gasteiger partial charge in [0, 0.05) is 23.5 Å². The molecule has 2 heterocycles. The third-order valence-electron chi connectivity index (χ3n) is 4.13. The first-order valence-corrected chi connectivity index (χ1v) is 8.91. The molecular weight excluding hydrogens is 335 g/mol. The first-order chi connectivity index (χ1) is 11.5. The van der Waals surface area contributed by atoms with Gasteiger partial charge in [0.2, 0.25) is 0 Å². The van der Waals surface area contributed by atoms with E-state index in [1.54, 1.807) is 30.3 Å². The summed E-state index contributed by atoms with van der Waals surface area (Å²) in [4.78, 5) is 2.62. The SMILES string of the molecule is FC(F)(F)c1sc(CCCN2CCOCC2)cc1-c1ccccc1. The van der Waals surface area contributed by atoms with E-state index >= 15 is 0 Å². The van der Waals surface area contributed by atoms with Crippen molar-refractivity contribution in [1.82, 2.24) is 4.90 Å². The number of halogens is 3. The van der Waals surface area contributed by atoms with E-state index in [1.807, 2.05) is 6.07 Å². The van der Waals surface area contributed by atoms with Crippen molar-refractivity contribution in [1.29, 1.82) is 0 Å². The molecule has 1 aromatic carbocycles. The number of ether oxygens (including phenoxy) is 1. The Morgan fingerprint density at radius 1 is 1.08 bits per heavy atom. The average molecular weight is 355 g/mol. The average Bonchev–Trinajstić information content (AvgIpc) is 3.01. The molecule has 1 aromatic heterocycles. The molecule has 1 fully saturated rings. The van der Waals surface area contributed by atoms with Crippen molar-refractivity contribution in [3.63, 3.8) is 0 Å². The molecule has 1 aliphatic heterocycles. The van der Waals surface area contributed by atoms with Gasteiger partial charge in [-0.2, -0.15) is 13.2 Å². The lowest BCUT2D eigenvalue weighted by atomic mass is 10.1. The Labute approximate surface area is 143 Å². The summed E-state index contributed by atoms with van der Waals surface area (Å²) in [5.74, 6) is 0. The van der Waals surface area contributed by atoms with Crippen LogP contribution in [0, 0.1) is 0 Å². The van der Waals surface area contributed by atoms with Gasteiger partial charge in [-0.3, -0.25) is 4.90 Å². The zero-order chi connectivity index (χ0) is 17.0. The molecule has 0 aliphatic carbocycles. The molecule has 0 radical (unpaired) electrons. The highest BCUT2D eigenvalue weighted by atomic mass is 32.1. The van der Waals surface area contributed by atoms with Crippen molar-refractivity contribution in [3.8, 4) is 11.1 Å². The number of hydrogen-bond donors (Lipinski definition) is 0. The van der Waals surface area contributed by atoms with E-state index < -0.39 is 11.1 Å². The van der Waals surface area contributed by atoms with Crippen LogP contribution >= 0.6 is 11.3 Å². The third kappa shape index (κ3) is 4.37. The molecule has 3 rings (SSSR count). The van der Waals surface area contributed by atoms with Crippen LogP contribution in [0.1, 0.15) is 16.2 Å².